The Kier molecular flexibility index (Phi) is 7.92. The zero-order valence-corrected chi connectivity index (χ0v) is 12.8. The number of hydrogen-bond acceptors (Lipinski definition) is 3. The molecule has 1 aromatic rings. The highest BCUT2D eigenvalue weighted by molar-refractivity contribution is 6.30. The van der Waals surface area contributed by atoms with Crippen LogP contribution in [0.5, 0.6) is 0 Å². The zero-order chi connectivity index (χ0) is 13.5. The second-order valence-electron chi connectivity index (χ2n) is 4.63. The summed E-state index contributed by atoms with van der Waals surface area (Å²) < 4.78 is 5.49. The second-order valence-corrected chi connectivity index (χ2v) is 5.07. The molecule has 2 rings (SSSR count). The molecule has 0 radical (unpaired) electrons. The lowest BCUT2D eigenvalue weighted by Crippen LogP contribution is -2.41. The van der Waals surface area contributed by atoms with Crippen LogP contribution in [-0.2, 0) is 16.0 Å². The fraction of sp³-hybridized carbons (Fsp3) is 0.500. The first-order valence-electron chi connectivity index (χ1n) is 6.57. The SMILES string of the molecule is Cl.O=C(CC1CNCCO1)NCCc1cccc(Cl)c1. The molecule has 1 unspecified atom stereocenters. The first-order chi connectivity index (χ1) is 9.24. The molecule has 0 aliphatic carbocycles. The third kappa shape index (κ3) is 6.09. The van der Waals surface area contributed by atoms with Crippen LogP contribution in [0.3, 0.4) is 0 Å². The van der Waals surface area contributed by atoms with Gasteiger partial charge < -0.3 is 15.4 Å². The topological polar surface area (TPSA) is 50.4 Å². The molecular weight excluding hydrogens is 299 g/mol. The molecule has 1 atom stereocenters. The van der Waals surface area contributed by atoms with E-state index >= 15 is 0 Å². The van der Waals surface area contributed by atoms with Gasteiger partial charge in [0.25, 0.3) is 0 Å². The Balaban J connectivity index is 0.00000200. The number of halogens is 2. The van der Waals surface area contributed by atoms with Gasteiger partial charge in [0, 0.05) is 24.7 Å². The summed E-state index contributed by atoms with van der Waals surface area (Å²) in [5, 5.41) is 6.84. The summed E-state index contributed by atoms with van der Waals surface area (Å²) in [5.41, 5.74) is 1.13. The Morgan fingerprint density at radius 2 is 2.35 bits per heavy atom. The summed E-state index contributed by atoms with van der Waals surface area (Å²) in [6.45, 7) is 2.92. The van der Waals surface area contributed by atoms with E-state index in [1.54, 1.807) is 0 Å². The average Bonchev–Trinajstić information content (AvgIpc) is 2.40. The molecule has 2 N–H and O–H groups in total. The van der Waals surface area contributed by atoms with Crippen LogP contribution < -0.4 is 10.6 Å². The molecule has 1 aliphatic heterocycles. The molecule has 20 heavy (non-hydrogen) atoms. The lowest BCUT2D eigenvalue weighted by atomic mass is 10.1. The summed E-state index contributed by atoms with van der Waals surface area (Å²) in [5.74, 6) is 0.0377. The van der Waals surface area contributed by atoms with Gasteiger partial charge in [-0.2, -0.15) is 0 Å². The van der Waals surface area contributed by atoms with Crippen molar-refractivity contribution in [3.05, 3.63) is 34.9 Å². The fourth-order valence-corrected chi connectivity index (χ4v) is 2.28. The molecular formula is C14H20Cl2N2O2. The van der Waals surface area contributed by atoms with Crippen LogP contribution in [0, 0.1) is 0 Å². The number of benzene rings is 1. The van der Waals surface area contributed by atoms with Crippen molar-refractivity contribution in [3.63, 3.8) is 0 Å². The normalized spacial score (nSPS) is 18.1. The number of rotatable bonds is 5. The Morgan fingerprint density at radius 1 is 1.50 bits per heavy atom. The minimum atomic E-state index is -0.0000743. The van der Waals surface area contributed by atoms with E-state index in [0.29, 0.717) is 19.6 Å². The van der Waals surface area contributed by atoms with Gasteiger partial charge >= 0.3 is 0 Å². The Bertz CT molecular complexity index is 423. The Morgan fingerprint density at radius 3 is 3.05 bits per heavy atom. The van der Waals surface area contributed by atoms with Crippen LogP contribution in [-0.4, -0.2) is 38.3 Å². The van der Waals surface area contributed by atoms with Gasteiger partial charge in [0.2, 0.25) is 5.91 Å². The lowest BCUT2D eigenvalue weighted by molar-refractivity contribution is -0.124. The minimum Gasteiger partial charge on any atom is -0.375 e. The number of amides is 1. The molecule has 1 saturated heterocycles. The van der Waals surface area contributed by atoms with Crippen LogP contribution in [0.25, 0.3) is 0 Å². The second kappa shape index (κ2) is 9.19. The van der Waals surface area contributed by atoms with Crippen LogP contribution in [0.2, 0.25) is 5.02 Å². The molecule has 0 saturated carbocycles. The number of carbonyl (C=O) groups excluding carboxylic acids is 1. The highest BCUT2D eigenvalue weighted by atomic mass is 35.5. The highest BCUT2D eigenvalue weighted by Crippen LogP contribution is 2.10. The summed E-state index contributed by atoms with van der Waals surface area (Å²) in [4.78, 5) is 11.7. The first-order valence-corrected chi connectivity index (χ1v) is 6.95. The van der Waals surface area contributed by atoms with Gasteiger partial charge in [-0.25, -0.2) is 0 Å². The summed E-state index contributed by atoms with van der Waals surface area (Å²) >= 11 is 5.90. The number of ether oxygens (including phenoxy) is 1. The van der Waals surface area contributed by atoms with Crippen molar-refractivity contribution in [3.8, 4) is 0 Å². The maximum Gasteiger partial charge on any atom is 0.222 e. The summed E-state index contributed by atoms with van der Waals surface area (Å²) in [7, 11) is 0. The fourth-order valence-electron chi connectivity index (χ4n) is 2.07. The first kappa shape index (κ1) is 17.2. The van der Waals surface area contributed by atoms with Gasteiger partial charge in [0.05, 0.1) is 19.1 Å². The molecule has 1 fully saturated rings. The van der Waals surface area contributed by atoms with E-state index in [0.717, 1.165) is 30.1 Å². The molecule has 0 bridgehead atoms. The van der Waals surface area contributed by atoms with Crippen molar-refractivity contribution >= 4 is 29.9 Å². The summed E-state index contributed by atoms with van der Waals surface area (Å²) in [6, 6.07) is 7.69. The highest BCUT2D eigenvalue weighted by Gasteiger charge is 2.16. The van der Waals surface area contributed by atoms with E-state index in [4.69, 9.17) is 16.3 Å². The van der Waals surface area contributed by atoms with E-state index in [1.807, 2.05) is 24.3 Å². The number of carbonyl (C=O) groups is 1. The van der Waals surface area contributed by atoms with Gasteiger partial charge in [-0.1, -0.05) is 23.7 Å². The molecule has 112 valence electrons. The number of nitrogens with one attached hydrogen (secondary N) is 2. The van der Waals surface area contributed by atoms with Crippen molar-refractivity contribution in [1.29, 1.82) is 0 Å². The van der Waals surface area contributed by atoms with Crippen LogP contribution in [0.1, 0.15) is 12.0 Å². The van der Waals surface area contributed by atoms with Gasteiger partial charge in [0.1, 0.15) is 0 Å². The Hall–Kier alpha value is -0.810. The molecule has 1 amide bonds. The van der Waals surface area contributed by atoms with Gasteiger partial charge in [-0.3, -0.25) is 4.79 Å². The molecule has 0 aromatic heterocycles. The van der Waals surface area contributed by atoms with E-state index in [1.165, 1.54) is 0 Å². The smallest absolute Gasteiger partial charge is 0.222 e. The number of hydrogen-bond donors (Lipinski definition) is 2. The molecule has 1 heterocycles. The standard InChI is InChI=1S/C14H19ClN2O2.ClH/c15-12-3-1-2-11(8-12)4-5-17-14(18)9-13-10-16-6-7-19-13;/h1-3,8,13,16H,4-7,9-10H2,(H,17,18);1H. The maximum atomic E-state index is 11.7. The van der Waals surface area contributed by atoms with Crippen molar-refractivity contribution in [1.82, 2.24) is 10.6 Å². The number of morpholine rings is 1. The minimum absolute atomic E-state index is 0. The van der Waals surface area contributed by atoms with Crippen molar-refractivity contribution < 1.29 is 9.53 Å². The van der Waals surface area contributed by atoms with Crippen LogP contribution in [0.4, 0.5) is 0 Å². The third-order valence-corrected chi connectivity index (χ3v) is 3.28. The van der Waals surface area contributed by atoms with E-state index in [-0.39, 0.29) is 24.4 Å². The molecule has 6 heteroatoms. The van der Waals surface area contributed by atoms with Crippen molar-refractivity contribution in [2.24, 2.45) is 0 Å². The van der Waals surface area contributed by atoms with Crippen LogP contribution in [0.15, 0.2) is 24.3 Å². The predicted octanol–water partition coefficient (Wildman–Crippen LogP) is 1.80. The largest absolute Gasteiger partial charge is 0.375 e. The maximum absolute atomic E-state index is 11.7. The van der Waals surface area contributed by atoms with E-state index in [2.05, 4.69) is 10.6 Å². The zero-order valence-electron chi connectivity index (χ0n) is 11.2. The van der Waals surface area contributed by atoms with Gasteiger partial charge in [0.15, 0.2) is 0 Å². The third-order valence-electron chi connectivity index (χ3n) is 3.04. The van der Waals surface area contributed by atoms with E-state index in [9.17, 15) is 4.79 Å². The predicted molar refractivity (Wildman–Crippen MR) is 82.6 cm³/mol. The van der Waals surface area contributed by atoms with Gasteiger partial charge in [-0.05, 0) is 24.1 Å². The monoisotopic (exact) mass is 318 g/mol. The molecule has 1 aromatic carbocycles. The average molecular weight is 319 g/mol. The molecule has 4 nitrogen and oxygen atoms in total. The molecule has 1 aliphatic rings. The lowest BCUT2D eigenvalue weighted by Gasteiger charge is -2.23. The Labute approximate surface area is 130 Å². The van der Waals surface area contributed by atoms with Crippen molar-refractivity contribution in [2.45, 2.75) is 18.9 Å². The van der Waals surface area contributed by atoms with Crippen LogP contribution >= 0.6 is 24.0 Å². The quantitative estimate of drug-likeness (QED) is 0.870. The molecule has 0 spiro atoms. The summed E-state index contributed by atoms with van der Waals surface area (Å²) in [6.07, 6.45) is 1.21. The van der Waals surface area contributed by atoms with Crippen molar-refractivity contribution in [2.75, 3.05) is 26.2 Å². The van der Waals surface area contributed by atoms with Gasteiger partial charge in [-0.15, -0.1) is 12.4 Å². The van der Waals surface area contributed by atoms with E-state index < -0.39 is 0 Å².